The van der Waals surface area contributed by atoms with E-state index in [2.05, 4.69) is 25.3 Å². The molecule has 0 atom stereocenters. The lowest BCUT2D eigenvalue weighted by Crippen LogP contribution is -2.23. The zero-order valence-electron chi connectivity index (χ0n) is 13.1. The first kappa shape index (κ1) is 14.9. The van der Waals surface area contributed by atoms with Gasteiger partial charge < -0.3 is 9.73 Å². The van der Waals surface area contributed by atoms with Crippen molar-refractivity contribution in [1.29, 1.82) is 0 Å². The van der Waals surface area contributed by atoms with Crippen LogP contribution < -0.4 is 5.32 Å². The third-order valence-corrected chi connectivity index (χ3v) is 3.68. The van der Waals surface area contributed by atoms with E-state index in [1.807, 2.05) is 0 Å². The Bertz CT molecular complexity index is 1030. The summed E-state index contributed by atoms with van der Waals surface area (Å²) in [6, 6.07) is 8.78. The molecule has 122 valence electrons. The van der Waals surface area contributed by atoms with Crippen molar-refractivity contribution in [3.63, 3.8) is 0 Å². The van der Waals surface area contributed by atoms with Crippen molar-refractivity contribution in [1.82, 2.24) is 25.3 Å². The molecule has 0 aliphatic carbocycles. The van der Waals surface area contributed by atoms with Crippen molar-refractivity contribution in [2.45, 2.75) is 6.54 Å². The largest absolute Gasteiger partial charge is 0.463 e. The van der Waals surface area contributed by atoms with Gasteiger partial charge in [0.2, 0.25) is 0 Å². The van der Waals surface area contributed by atoms with Crippen molar-refractivity contribution in [3.05, 3.63) is 72.6 Å². The van der Waals surface area contributed by atoms with Gasteiger partial charge in [-0.15, -0.1) is 0 Å². The second-order valence-electron chi connectivity index (χ2n) is 5.27. The van der Waals surface area contributed by atoms with E-state index >= 15 is 0 Å². The van der Waals surface area contributed by atoms with Crippen molar-refractivity contribution in [3.8, 4) is 11.5 Å². The Labute approximate surface area is 142 Å². The Balaban J connectivity index is 1.54. The topological polar surface area (TPSA) is 93.8 Å². The van der Waals surface area contributed by atoms with Gasteiger partial charge in [-0.1, -0.05) is 0 Å². The average Bonchev–Trinajstić information content (AvgIpc) is 3.20. The van der Waals surface area contributed by atoms with Crippen LogP contribution in [0.5, 0.6) is 0 Å². The Morgan fingerprint density at radius 3 is 2.60 bits per heavy atom. The van der Waals surface area contributed by atoms with E-state index in [9.17, 15) is 4.79 Å². The van der Waals surface area contributed by atoms with Gasteiger partial charge in [0, 0.05) is 30.4 Å². The summed E-state index contributed by atoms with van der Waals surface area (Å²) >= 11 is 0. The molecule has 0 spiro atoms. The molecule has 7 heteroatoms. The van der Waals surface area contributed by atoms with Crippen molar-refractivity contribution >= 4 is 16.9 Å². The first-order valence-electron chi connectivity index (χ1n) is 7.64. The number of aromatic nitrogens is 4. The number of amides is 1. The molecule has 0 saturated carbocycles. The second-order valence-corrected chi connectivity index (χ2v) is 5.27. The molecule has 0 unspecified atom stereocenters. The van der Waals surface area contributed by atoms with Crippen LogP contribution in [0.1, 0.15) is 16.1 Å². The monoisotopic (exact) mass is 331 g/mol. The number of carbonyl (C=O) groups excluding carboxylic acids is 1. The zero-order chi connectivity index (χ0) is 17.1. The Kier molecular flexibility index (Phi) is 3.88. The van der Waals surface area contributed by atoms with Crippen LogP contribution in [0.15, 0.2) is 65.8 Å². The highest BCUT2D eigenvalue weighted by Gasteiger charge is 2.13. The number of nitrogens with one attached hydrogen (secondary N) is 1. The third kappa shape index (κ3) is 3.07. The van der Waals surface area contributed by atoms with Crippen LogP contribution in [0, 0.1) is 0 Å². The maximum Gasteiger partial charge on any atom is 0.251 e. The summed E-state index contributed by atoms with van der Waals surface area (Å²) in [5.41, 5.74) is 3.17. The highest BCUT2D eigenvalue weighted by atomic mass is 16.3. The van der Waals surface area contributed by atoms with Crippen LogP contribution in [-0.2, 0) is 6.54 Å². The zero-order valence-corrected chi connectivity index (χ0v) is 13.1. The summed E-state index contributed by atoms with van der Waals surface area (Å²) in [5, 5.41) is 2.85. The number of carbonyl (C=O) groups is 1. The summed E-state index contributed by atoms with van der Waals surface area (Å²) in [4.78, 5) is 29.4. The van der Waals surface area contributed by atoms with E-state index in [1.165, 1.54) is 0 Å². The van der Waals surface area contributed by atoms with Gasteiger partial charge in [0.15, 0.2) is 5.76 Å². The maximum atomic E-state index is 12.4. The van der Waals surface area contributed by atoms with Crippen LogP contribution in [0.2, 0.25) is 0 Å². The van der Waals surface area contributed by atoms with Gasteiger partial charge in [-0.25, -0.2) is 4.98 Å². The van der Waals surface area contributed by atoms with Gasteiger partial charge in [-0.3, -0.25) is 19.7 Å². The van der Waals surface area contributed by atoms with Crippen LogP contribution >= 0.6 is 0 Å². The maximum absolute atomic E-state index is 12.4. The van der Waals surface area contributed by atoms with Gasteiger partial charge >= 0.3 is 0 Å². The molecule has 4 rings (SSSR count). The number of furan rings is 1. The fourth-order valence-corrected chi connectivity index (χ4v) is 2.49. The normalized spacial score (nSPS) is 10.7. The summed E-state index contributed by atoms with van der Waals surface area (Å²) in [5.74, 6) is 0.391. The average molecular weight is 331 g/mol. The van der Waals surface area contributed by atoms with E-state index in [-0.39, 0.29) is 12.5 Å². The third-order valence-electron chi connectivity index (χ3n) is 3.68. The van der Waals surface area contributed by atoms with Crippen LogP contribution in [-0.4, -0.2) is 25.8 Å². The number of rotatable bonds is 4. The number of hydrogen-bond donors (Lipinski definition) is 1. The first-order chi connectivity index (χ1) is 12.3. The molecule has 1 amide bonds. The van der Waals surface area contributed by atoms with E-state index in [1.54, 1.807) is 61.4 Å². The minimum absolute atomic E-state index is 0.219. The summed E-state index contributed by atoms with van der Waals surface area (Å²) in [6.45, 7) is 0.237. The van der Waals surface area contributed by atoms with Gasteiger partial charge in [0.25, 0.3) is 5.91 Å². The van der Waals surface area contributed by atoms with E-state index in [0.717, 1.165) is 5.52 Å². The molecule has 7 nitrogen and oxygen atoms in total. The lowest BCUT2D eigenvalue weighted by Gasteiger charge is -2.08. The van der Waals surface area contributed by atoms with Crippen molar-refractivity contribution in [2.75, 3.05) is 0 Å². The van der Waals surface area contributed by atoms with Crippen LogP contribution in [0.4, 0.5) is 0 Å². The molecule has 0 bridgehead atoms. The molecule has 0 saturated heterocycles. The fourth-order valence-electron chi connectivity index (χ4n) is 2.49. The van der Waals surface area contributed by atoms with E-state index in [0.29, 0.717) is 28.2 Å². The quantitative estimate of drug-likeness (QED) is 0.618. The molecular formula is C18H13N5O2. The Hall–Kier alpha value is -3.61. The summed E-state index contributed by atoms with van der Waals surface area (Å²) < 4.78 is 5.37. The Morgan fingerprint density at radius 1 is 0.960 bits per heavy atom. The van der Waals surface area contributed by atoms with Gasteiger partial charge in [0.1, 0.15) is 5.69 Å². The molecule has 0 radical (unpaired) electrons. The molecule has 3 heterocycles. The highest BCUT2D eigenvalue weighted by Crippen LogP contribution is 2.20. The molecule has 3 aromatic heterocycles. The van der Waals surface area contributed by atoms with Crippen LogP contribution in [0.3, 0.4) is 0 Å². The number of hydrogen-bond acceptors (Lipinski definition) is 6. The van der Waals surface area contributed by atoms with Gasteiger partial charge in [-0.2, -0.15) is 0 Å². The molecule has 25 heavy (non-hydrogen) atoms. The minimum Gasteiger partial charge on any atom is -0.463 e. The summed E-state index contributed by atoms with van der Waals surface area (Å²) in [7, 11) is 0. The van der Waals surface area contributed by atoms with Crippen molar-refractivity contribution < 1.29 is 9.21 Å². The number of nitrogens with zero attached hydrogens (tertiary/aromatic N) is 4. The molecular weight excluding hydrogens is 318 g/mol. The predicted molar refractivity (Wildman–Crippen MR) is 90.4 cm³/mol. The number of benzene rings is 1. The minimum atomic E-state index is -0.219. The van der Waals surface area contributed by atoms with Gasteiger partial charge in [-0.05, 0) is 30.3 Å². The van der Waals surface area contributed by atoms with E-state index in [4.69, 9.17) is 4.42 Å². The highest BCUT2D eigenvalue weighted by molar-refractivity contribution is 5.97. The van der Waals surface area contributed by atoms with Crippen molar-refractivity contribution in [2.24, 2.45) is 0 Å². The van der Waals surface area contributed by atoms with Gasteiger partial charge in [0.05, 0.1) is 29.5 Å². The van der Waals surface area contributed by atoms with E-state index < -0.39 is 0 Å². The Morgan fingerprint density at radius 2 is 1.76 bits per heavy atom. The molecule has 1 N–H and O–H groups in total. The lowest BCUT2D eigenvalue weighted by molar-refractivity contribution is 0.0950. The molecule has 4 aromatic rings. The molecule has 0 aliphatic heterocycles. The molecule has 0 aliphatic rings. The number of fused-ring (bicyclic) bond motifs is 1. The summed E-state index contributed by atoms with van der Waals surface area (Å²) in [6.07, 6.45) is 7.96. The van der Waals surface area contributed by atoms with Crippen LogP contribution in [0.25, 0.3) is 22.5 Å². The standard InChI is InChI=1S/C18H13N5O2/c24-18(12-3-4-13-14(10-12)20-6-5-19-13)23-11-15-17(22-8-7-21-15)16-2-1-9-25-16/h1-10H,11H2,(H,23,24). The first-order valence-corrected chi connectivity index (χ1v) is 7.64. The smallest absolute Gasteiger partial charge is 0.251 e. The SMILES string of the molecule is O=C(NCc1nccnc1-c1ccco1)c1ccc2nccnc2c1. The second kappa shape index (κ2) is 6.48. The lowest BCUT2D eigenvalue weighted by atomic mass is 10.1. The predicted octanol–water partition coefficient (Wildman–Crippen LogP) is 2.61. The molecule has 0 fully saturated rings. The molecule has 1 aromatic carbocycles. The fraction of sp³-hybridized carbons (Fsp3) is 0.0556.